The summed E-state index contributed by atoms with van der Waals surface area (Å²) >= 11 is 0. The summed E-state index contributed by atoms with van der Waals surface area (Å²) in [7, 11) is 1.88. The van der Waals surface area contributed by atoms with Gasteiger partial charge in [-0.1, -0.05) is 12.1 Å². The van der Waals surface area contributed by atoms with Crippen molar-refractivity contribution in [3.63, 3.8) is 0 Å². The molecule has 1 aromatic carbocycles. The standard InChI is InChI=1S/C15H18N2O2/c1-12(18)3-4-13-5-7-15(8-6-13)19-11-14-9-10-17(2)16-14/h5-10H,3-4,11H2,1-2H3. The molecule has 1 heterocycles. The van der Waals surface area contributed by atoms with Crippen molar-refractivity contribution >= 4 is 5.78 Å². The van der Waals surface area contributed by atoms with E-state index in [9.17, 15) is 4.79 Å². The van der Waals surface area contributed by atoms with Crippen molar-refractivity contribution in [1.29, 1.82) is 0 Å². The van der Waals surface area contributed by atoms with E-state index in [0.717, 1.165) is 23.4 Å². The highest BCUT2D eigenvalue weighted by atomic mass is 16.5. The molecule has 0 spiro atoms. The van der Waals surface area contributed by atoms with Crippen molar-refractivity contribution < 1.29 is 9.53 Å². The molecular formula is C15H18N2O2. The van der Waals surface area contributed by atoms with Gasteiger partial charge in [0.15, 0.2) is 0 Å². The lowest BCUT2D eigenvalue weighted by molar-refractivity contribution is -0.116. The third-order valence-electron chi connectivity index (χ3n) is 2.84. The average molecular weight is 258 g/mol. The number of aromatic nitrogens is 2. The third kappa shape index (κ3) is 4.25. The van der Waals surface area contributed by atoms with Crippen LogP contribution in [0.25, 0.3) is 0 Å². The van der Waals surface area contributed by atoms with Gasteiger partial charge in [0.2, 0.25) is 0 Å². The maximum Gasteiger partial charge on any atom is 0.132 e. The number of benzene rings is 1. The maximum atomic E-state index is 10.9. The van der Waals surface area contributed by atoms with E-state index >= 15 is 0 Å². The monoisotopic (exact) mass is 258 g/mol. The Kier molecular flexibility index (Phi) is 4.34. The van der Waals surface area contributed by atoms with Crippen LogP contribution in [0.15, 0.2) is 36.5 Å². The number of carbonyl (C=O) groups is 1. The Balaban J connectivity index is 1.86. The smallest absolute Gasteiger partial charge is 0.132 e. The summed E-state index contributed by atoms with van der Waals surface area (Å²) < 4.78 is 7.40. The van der Waals surface area contributed by atoms with Gasteiger partial charge in [-0.25, -0.2) is 0 Å². The molecule has 2 rings (SSSR count). The molecule has 1 aromatic heterocycles. The molecule has 0 saturated carbocycles. The first-order valence-electron chi connectivity index (χ1n) is 6.33. The van der Waals surface area contributed by atoms with Gasteiger partial charge in [-0.05, 0) is 37.1 Å². The van der Waals surface area contributed by atoms with Gasteiger partial charge in [0.05, 0.1) is 5.69 Å². The van der Waals surface area contributed by atoms with E-state index < -0.39 is 0 Å². The zero-order valence-electron chi connectivity index (χ0n) is 11.3. The summed E-state index contributed by atoms with van der Waals surface area (Å²) in [6.45, 7) is 2.08. The van der Waals surface area contributed by atoms with E-state index in [-0.39, 0.29) is 5.78 Å². The van der Waals surface area contributed by atoms with Gasteiger partial charge >= 0.3 is 0 Å². The second kappa shape index (κ2) is 6.18. The molecule has 0 radical (unpaired) electrons. The van der Waals surface area contributed by atoms with E-state index in [1.54, 1.807) is 11.6 Å². The zero-order chi connectivity index (χ0) is 13.7. The van der Waals surface area contributed by atoms with Crippen LogP contribution in [0, 0.1) is 0 Å². The van der Waals surface area contributed by atoms with Gasteiger partial charge in [-0.2, -0.15) is 5.10 Å². The topological polar surface area (TPSA) is 44.1 Å². The van der Waals surface area contributed by atoms with Crippen molar-refractivity contribution in [2.45, 2.75) is 26.4 Å². The van der Waals surface area contributed by atoms with Gasteiger partial charge in [-0.3, -0.25) is 4.68 Å². The fourth-order valence-electron chi connectivity index (χ4n) is 1.77. The molecule has 4 nitrogen and oxygen atoms in total. The number of nitrogens with zero attached hydrogens (tertiary/aromatic N) is 2. The van der Waals surface area contributed by atoms with Gasteiger partial charge in [-0.15, -0.1) is 0 Å². The number of rotatable bonds is 6. The second-order valence-electron chi connectivity index (χ2n) is 4.62. The molecule has 0 aliphatic rings. The van der Waals surface area contributed by atoms with E-state index in [4.69, 9.17) is 4.74 Å². The molecule has 0 aliphatic heterocycles. The maximum absolute atomic E-state index is 10.9. The van der Waals surface area contributed by atoms with Crippen molar-refractivity contribution in [2.75, 3.05) is 0 Å². The number of carbonyl (C=O) groups excluding carboxylic acids is 1. The highest BCUT2D eigenvalue weighted by molar-refractivity contribution is 5.75. The van der Waals surface area contributed by atoms with Crippen LogP contribution in [0.2, 0.25) is 0 Å². The Morgan fingerprint density at radius 3 is 2.58 bits per heavy atom. The molecule has 2 aromatic rings. The second-order valence-corrected chi connectivity index (χ2v) is 4.62. The lowest BCUT2D eigenvalue weighted by Gasteiger charge is -2.05. The Morgan fingerprint density at radius 2 is 2.00 bits per heavy atom. The van der Waals surface area contributed by atoms with Crippen molar-refractivity contribution in [2.24, 2.45) is 7.05 Å². The van der Waals surface area contributed by atoms with Crippen LogP contribution in [0.5, 0.6) is 5.75 Å². The molecule has 0 fully saturated rings. The minimum absolute atomic E-state index is 0.218. The minimum atomic E-state index is 0.218. The SMILES string of the molecule is CC(=O)CCc1ccc(OCc2ccn(C)n2)cc1. The molecule has 19 heavy (non-hydrogen) atoms. The number of hydrogen-bond acceptors (Lipinski definition) is 3. The van der Waals surface area contributed by atoms with Gasteiger partial charge < -0.3 is 9.53 Å². The van der Waals surface area contributed by atoms with Crippen LogP contribution in [-0.4, -0.2) is 15.6 Å². The molecule has 0 saturated heterocycles. The Labute approximate surface area is 113 Å². The average Bonchev–Trinajstić information content (AvgIpc) is 2.81. The summed E-state index contributed by atoms with van der Waals surface area (Å²) in [6.07, 6.45) is 3.27. The predicted molar refractivity (Wildman–Crippen MR) is 73.0 cm³/mol. The fraction of sp³-hybridized carbons (Fsp3) is 0.333. The van der Waals surface area contributed by atoms with Crippen LogP contribution < -0.4 is 4.74 Å². The van der Waals surface area contributed by atoms with Crippen molar-refractivity contribution in [3.8, 4) is 5.75 Å². The van der Waals surface area contributed by atoms with Crippen LogP contribution in [0.4, 0.5) is 0 Å². The first-order chi connectivity index (χ1) is 9.13. The first-order valence-corrected chi connectivity index (χ1v) is 6.33. The fourth-order valence-corrected chi connectivity index (χ4v) is 1.77. The highest BCUT2D eigenvalue weighted by Gasteiger charge is 2.00. The molecule has 0 N–H and O–H groups in total. The van der Waals surface area contributed by atoms with E-state index in [1.165, 1.54) is 0 Å². The van der Waals surface area contributed by atoms with Crippen LogP contribution in [0.1, 0.15) is 24.6 Å². The molecule has 0 atom stereocenters. The van der Waals surface area contributed by atoms with Crippen LogP contribution >= 0.6 is 0 Å². The molecule has 0 aliphatic carbocycles. The number of hydrogen-bond donors (Lipinski definition) is 0. The highest BCUT2D eigenvalue weighted by Crippen LogP contribution is 2.14. The number of ketones is 1. The Hall–Kier alpha value is -2.10. The molecule has 0 bridgehead atoms. The zero-order valence-corrected chi connectivity index (χ0v) is 11.3. The summed E-state index contributed by atoms with van der Waals surface area (Å²) in [5.41, 5.74) is 2.06. The summed E-state index contributed by atoms with van der Waals surface area (Å²) in [5, 5.41) is 4.25. The lowest BCUT2D eigenvalue weighted by atomic mass is 10.1. The van der Waals surface area contributed by atoms with Gasteiger partial charge in [0.25, 0.3) is 0 Å². The minimum Gasteiger partial charge on any atom is -0.487 e. The predicted octanol–water partition coefficient (Wildman–Crippen LogP) is 2.52. The Bertz CT molecular complexity index is 544. The molecule has 4 heteroatoms. The summed E-state index contributed by atoms with van der Waals surface area (Å²) in [6, 6.07) is 9.78. The van der Waals surface area contributed by atoms with Gasteiger partial charge in [0, 0.05) is 19.7 Å². The number of ether oxygens (including phenoxy) is 1. The van der Waals surface area contributed by atoms with Gasteiger partial charge in [0.1, 0.15) is 18.1 Å². The molecule has 100 valence electrons. The number of aryl methyl sites for hydroxylation is 2. The van der Waals surface area contributed by atoms with E-state index in [1.807, 2.05) is 43.6 Å². The van der Waals surface area contributed by atoms with Crippen molar-refractivity contribution in [3.05, 3.63) is 47.8 Å². The lowest BCUT2D eigenvalue weighted by Crippen LogP contribution is -1.98. The Morgan fingerprint density at radius 1 is 1.26 bits per heavy atom. The third-order valence-corrected chi connectivity index (χ3v) is 2.84. The molecule has 0 unspecified atom stereocenters. The van der Waals surface area contributed by atoms with Crippen molar-refractivity contribution in [1.82, 2.24) is 9.78 Å². The number of Topliss-reactive ketones (excluding diaryl/α,β-unsaturated/α-hetero) is 1. The molecular weight excluding hydrogens is 240 g/mol. The first kappa shape index (κ1) is 13.3. The summed E-state index contributed by atoms with van der Waals surface area (Å²) in [4.78, 5) is 10.9. The van der Waals surface area contributed by atoms with E-state index in [0.29, 0.717) is 13.0 Å². The quantitative estimate of drug-likeness (QED) is 0.799. The summed E-state index contributed by atoms with van der Waals surface area (Å²) in [5.74, 6) is 1.03. The van der Waals surface area contributed by atoms with Crippen LogP contribution in [-0.2, 0) is 24.9 Å². The normalized spacial score (nSPS) is 10.4. The molecule has 0 amide bonds. The van der Waals surface area contributed by atoms with Crippen LogP contribution in [0.3, 0.4) is 0 Å². The largest absolute Gasteiger partial charge is 0.487 e. The van der Waals surface area contributed by atoms with E-state index in [2.05, 4.69) is 5.10 Å².